The quantitative estimate of drug-likeness (QED) is 0.503. The summed E-state index contributed by atoms with van der Waals surface area (Å²) in [5, 5.41) is 5.13. The average Bonchev–Trinajstić information content (AvgIpc) is 2.78. The molecule has 9 heteroatoms. The highest BCUT2D eigenvalue weighted by Gasteiger charge is 2.17. The average molecular weight is 388 g/mol. The molecule has 9 nitrogen and oxygen atoms in total. The molecular weight excluding hydrogens is 372 g/mol. The molecule has 0 radical (unpaired) electrons. The molecule has 0 atom stereocenters. The molecule has 0 saturated heterocycles. The molecule has 4 rings (SSSR count). The molecule has 1 amide bonds. The summed E-state index contributed by atoms with van der Waals surface area (Å²) in [6.45, 7) is 0. The number of amides is 1. The van der Waals surface area contributed by atoms with E-state index in [1.54, 1.807) is 54.6 Å². The smallest absolute Gasteiger partial charge is 0.290 e. The highest BCUT2D eigenvalue weighted by Crippen LogP contribution is 2.15. The van der Waals surface area contributed by atoms with E-state index >= 15 is 0 Å². The van der Waals surface area contributed by atoms with E-state index in [1.165, 1.54) is 18.0 Å². The molecule has 0 aliphatic heterocycles. The van der Waals surface area contributed by atoms with E-state index < -0.39 is 5.91 Å². The second-order valence-electron chi connectivity index (χ2n) is 5.95. The molecule has 2 N–H and O–H groups in total. The first-order valence-electron chi connectivity index (χ1n) is 8.68. The summed E-state index contributed by atoms with van der Waals surface area (Å²) in [4.78, 5) is 33.8. The number of fused-ring (bicyclic) bond motifs is 1. The summed E-state index contributed by atoms with van der Waals surface area (Å²) >= 11 is 0. The van der Waals surface area contributed by atoms with Gasteiger partial charge in [0.2, 0.25) is 11.8 Å². The first-order chi connectivity index (χ1) is 14.2. The van der Waals surface area contributed by atoms with Gasteiger partial charge in [0.15, 0.2) is 5.69 Å². The van der Waals surface area contributed by atoms with Gasteiger partial charge < -0.3 is 4.74 Å². The van der Waals surface area contributed by atoms with Gasteiger partial charge in [0, 0.05) is 17.6 Å². The minimum atomic E-state index is -0.544. The fourth-order valence-corrected chi connectivity index (χ4v) is 2.79. The molecular formula is C20H16N6O3. The van der Waals surface area contributed by atoms with Gasteiger partial charge in [-0.3, -0.25) is 20.4 Å². The summed E-state index contributed by atoms with van der Waals surface area (Å²) in [6, 6.07) is 17.3. The van der Waals surface area contributed by atoms with Crippen molar-refractivity contribution in [2.24, 2.45) is 0 Å². The molecule has 0 aliphatic carbocycles. The van der Waals surface area contributed by atoms with Crippen molar-refractivity contribution in [3.63, 3.8) is 0 Å². The van der Waals surface area contributed by atoms with Crippen LogP contribution in [-0.2, 0) is 0 Å². The lowest BCUT2D eigenvalue weighted by Crippen LogP contribution is -2.33. The lowest BCUT2D eigenvalue weighted by Gasteiger charge is -2.12. The van der Waals surface area contributed by atoms with Crippen LogP contribution < -0.4 is 21.1 Å². The number of hydrogen-bond donors (Lipinski definition) is 2. The second-order valence-corrected chi connectivity index (χ2v) is 5.95. The number of ether oxygens (including phenoxy) is 1. The Bertz CT molecular complexity index is 1240. The number of carbonyl (C=O) groups is 1. The monoisotopic (exact) mass is 388 g/mol. The van der Waals surface area contributed by atoms with E-state index in [-0.39, 0.29) is 17.2 Å². The third-order valence-corrected chi connectivity index (χ3v) is 4.15. The maximum absolute atomic E-state index is 12.9. The van der Waals surface area contributed by atoms with Crippen LogP contribution >= 0.6 is 0 Å². The van der Waals surface area contributed by atoms with Crippen molar-refractivity contribution in [2.45, 2.75) is 0 Å². The molecule has 0 unspecified atom stereocenters. The van der Waals surface area contributed by atoms with Gasteiger partial charge in [-0.1, -0.05) is 36.4 Å². The SMILES string of the molecule is COc1ccnc(NNC(=O)c2nn(-c3ccccc3)c(=O)c3ccccc23)n1. The molecule has 29 heavy (non-hydrogen) atoms. The standard InChI is InChI=1S/C20H16N6O3/c1-29-16-11-12-21-20(22-16)24-23-18(27)17-14-9-5-6-10-15(14)19(28)26(25-17)13-7-3-2-4-8-13/h2-12H,1H3,(H,23,27)(H,21,22,24). The van der Waals surface area contributed by atoms with Crippen molar-refractivity contribution < 1.29 is 9.53 Å². The highest BCUT2D eigenvalue weighted by atomic mass is 16.5. The second kappa shape index (κ2) is 7.77. The predicted octanol–water partition coefficient (Wildman–Crippen LogP) is 1.94. The first-order valence-corrected chi connectivity index (χ1v) is 8.68. The summed E-state index contributed by atoms with van der Waals surface area (Å²) in [7, 11) is 1.48. The third kappa shape index (κ3) is 3.61. The maximum Gasteiger partial charge on any atom is 0.290 e. The van der Waals surface area contributed by atoms with Gasteiger partial charge in [0.05, 0.1) is 18.2 Å². The van der Waals surface area contributed by atoms with E-state index in [0.717, 1.165) is 0 Å². The van der Waals surface area contributed by atoms with Crippen molar-refractivity contribution >= 4 is 22.6 Å². The zero-order chi connectivity index (χ0) is 20.2. The van der Waals surface area contributed by atoms with Crippen LogP contribution in [0.2, 0.25) is 0 Å². The molecule has 2 aromatic carbocycles. The van der Waals surface area contributed by atoms with Crippen LogP contribution in [0.4, 0.5) is 5.95 Å². The van der Waals surface area contributed by atoms with Crippen LogP contribution in [0.5, 0.6) is 5.88 Å². The minimum absolute atomic E-state index is 0.0828. The Morgan fingerprint density at radius 2 is 1.72 bits per heavy atom. The van der Waals surface area contributed by atoms with Crippen molar-refractivity contribution in [2.75, 3.05) is 12.5 Å². The number of anilines is 1. The number of nitrogens with zero attached hydrogens (tertiary/aromatic N) is 4. The zero-order valence-electron chi connectivity index (χ0n) is 15.4. The molecule has 0 fully saturated rings. The van der Waals surface area contributed by atoms with E-state index in [0.29, 0.717) is 22.3 Å². The normalized spacial score (nSPS) is 10.5. The highest BCUT2D eigenvalue weighted by molar-refractivity contribution is 6.05. The van der Waals surface area contributed by atoms with E-state index in [1.807, 2.05) is 6.07 Å². The Labute approximate surface area is 165 Å². The van der Waals surface area contributed by atoms with Crippen LogP contribution in [0.1, 0.15) is 10.5 Å². The molecule has 0 saturated carbocycles. The summed E-state index contributed by atoms with van der Waals surface area (Å²) < 4.78 is 6.24. The Morgan fingerprint density at radius 1 is 1.00 bits per heavy atom. The maximum atomic E-state index is 12.9. The van der Waals surface area contributed by atoms with E-state index in [4.69, 9.17) is 4.74 Å². The Balaban J connectivity index is 1.73. The molecule has 0 bridgehead atoms. The molecule has 0 spiro atoms. The van der Waals surface area contributed by atoms with Gasteiger partial charge in [0.1, 0.15) is 0 Å². The molecule has 4 aromatic rings. The number of rotatable bonds is 5. The fraction of sp³-hybridized carbons (Fsp3) is 0.0500. The Hall–Kier alpha value is -4.27. The largest absolute Gasteiger partial charge is 0.481 e. The van der Waals surface area contributed by atoms with Crippen molar-refractivity contribution in [1.82, 2.24) is 25.2 Å². The van der Waals surface area contributed by atoms with Gasteiger partial charge in [-0.05, 0) is 18.2 Å². The summed E-state index contributed by atoms with van der Waals surface area (Å²) in [5.74, 6) is -0.0476. The van der Waals surface area contributed by atoms with E-state index in [2.05, 4.69) is 25.9 Å². The van der Waals surface area contributed by atoms with Crippen molar-refractivity contribution in [3.05, 3.63) is 82.9 Å². The number of para-hydroxylation sites is 1. The number of nitrogens with one attached hydrogen (secondary N) is 2. The molecule has 2 aromatic heterocycles. The predicted molar refractivity (Wildman–Crippen MR) is 107 cm³/mol. The molecule has 0 aliphatic rings. The fourth-order valence-electron chi connectivity index (χ4n) is 2.79. The Morgan fingerprint density at radius 3 is 2.48 bits per heavy atom. The minimum Gasteiger partial charge on any atom is -0.481 e. The summed E-state index contributed by atoms with van der Waals surface area (Å²) in [6.07, 6.45) is 1.49. The van der Waals surface area contributed by atoms with Crippen molar-refractivity contribution in [3.8, 4) is 11.6 Å². The lowest BCUT2D eigenvalue weighted by molar-refractivity contribution is 0.0957. The summed E-state index contributed by atoms with van der Waals surface area (Å²) in [5.41, 5.74) is 5.46. The topological polar surface area (TPSA) is 111 Å². The number of hydrogen-bond acceptors (Lipinski definition) is 7. The van der Waals surface area contributed by atoms with Crippen LogP contribution in [-0.4, -0.2) is 32.8 Å². The molecule has 2 heterocycles. The zero-order valence-corrected chi connectivity index (χ0v) is 15.4. The van der Waals surface area contributed by atoms with Crippen LogP contribution in [0.3, 0.4) is 0 Å². The number of carbonyl (C=O) groups excluding carboxylic acids is 1. The van der Waals surface area contributed by atoms with E-state index in [9.17, 15) is 9.59 Å². The number of methoxy groups -OCH3 is 1. The number of aromatic nitrogens is 4. The van der Waals surface area contributed by atoms with Gasteiger partial charge in [-0.15, -0.1) is 0 Å². The number of benzene rings is 2. The van der Waals surface area contributed by atoms with Crippen LogP contribution in [0.15, 0.2) is 71.7 Å². The van der Waals surface area contributed by atoms with Gasteiger partial charge in [0.25, 0.3) is 11.5 Å². The molecule has 144 valence electrons. The Kier molecular flexibility index (Phi) is 4.85. The van der Waals surface area contributed by atoms with Gasteiger partial charge >= 0.3 is 0 Å². The lowest BCUT2D eigenvalue weighted by atomic mass is 10.1. The van der Waals surface area contributed by atoms with Crippen LogP contribution in [0, 0.1) is 0 Å². The first kappa shape index (κ1) is 18.1. The third-order valence-electron chi connectivity index (χ3n) is 4.15. The van der Waals surface area contributed by atoms with Gasteiger partial charge in [-0.2, -0.15) is 14.8 Å². The van der Waals surface area contributed by atoms with Crippen molar-refractivity contribution in [1.29, 1.82) is 0 Å². The number of hydrazine groups is 1. The van der Waals surface area contributed by atoms with Crippen LogP contribution in [0.25, 0.3) is 16.5 Å². The van der Waals surface area contributed by atoms with Gasteiger partial charge in [-0.25, -0.2) is 4.98 Å².